The van der Waals surface area contributed by atoms with Gasteiger partial charge in [0.15, 0.2) is 0 Å². The Morgan fingerprint density at radius 1 is 1.12 bits per heavy atom. The highest BCUT2D eigenvalue weighted by Crippen LogP contribution is 2.38. The van der Waals surface area contributed by atoms with E-state index in [0.717, 1.165) is 34.2 Å². The Morgan fingerprint density at radius 3 is 2.65 bits per heavy atom. The van der Waals surface area contributed by atoms with Crippen molar-refractivity contribution < 1.29 is 4.74 Å². The average molecular weight is 369 g/mol. The molecular weight excluding hydrogens is 344 g/mol. The molecule has 136 valence electrons. The molecule has 1 heterocycles. The second kappa shape index (κ2) is 7.71. The van der Waals surface area contributed by atoms with Crippen LogP contribution >= 0.6 is 11.6 Å². The van der Waals surface area contributed by atoms with Gasteiger partial charge in [0.25, 0.3) is 0 Å². The van der Waals surface area contributed by atoms with Gasteiger partial charge < -0.3 is 9.72 Å². The summed E-state index contributed by atoms with van der Waals surface area (Å²) in [5.74, 6) is 3.85. The largest absolute Gasteiger partial charge is 0.493 e. The van der Waals surface area contributed by atoms with E-state index in [9.17, 15) is 0 Å². The van der Waals surface area contributed by atoms with E-state index in [0.29, 0.717) is 17.8 Å². The van der Waals surface area contributed by atoms with Crippen molar-refractivity contribution in [2.45, 2.75) is 38.5 Å². The van der Waals surface area contributed by atoms with E-state index in [4.69, 9.17) is 21.3 Å². The van der Waals surface area contributed by atoms with Gasteiger partial charge in [-0.1, -0.05) is 36.7 Å². The first-order chi connectivity index (χ1) is 12.7. The summed E-state index contributed by atoms with van der Waals surface area (Å²) >= 11 is 6.09. The van der Waals surface area contributed by atoms with Gasteiger partial charge in [-0.2, -0.15) is 0 Å². The molecule has 1 fully saturated rings. The van der Waals surface area contributed by atoms with E-state index < -0.39 is 0 Å². The van der Waals surface area contributed by atoms with Gasteiger partial charge in [-0.3, -0.25) is 0 Å². The molecule has 0 radical (unpaired) electrons. The van der Waals surface area contributed by atoms with Gasteiger partial charge in [-0.25, -0.2) is 4.98 Å². The molecule has 1 aliphatic carbocycles. The van der Waals surface area contributed by atoms with Crippen molar-refractivity contribution in [1.29, 1.82) is 0 Å². The minimum absolute atomic E-state index is 0.442. The van der Waals surface area contributed by atoms with Gasteiger partial charge in [-0.05, 0) is 67.9 Å². The zero-order valence-electron chi connectivity index (χ0n) is 15.1. The first-order valence-corrected chi connectivity index (χ1v) is 9.90. The maximum Gasteiger partial charge on any atom is 0.119 e. The number of nitrogens with zero attached hydrogens (tertiary/aromatic N) is 1. The Hall–Kier alpha value is -2.00. The zero-order valence-corrected chi connectivity index (χ0v) is 15.9. The number of para-hydroxylation sites is 1. The van der Waals surface area contributed by atoms with E-state index in [2.05, 4.69) is 11.9 Å². The normalized spacial score (nSPS) is 21.6. The van der Waals surface area contributed by atoms with Crippen LogP contribution in [0.3, 0.4) is 0 Å². The summed E-state index contributed by atoms with van der Waals surface area (Å²) < 4.78 is 5.95. The first kappa shape index (κ1) is 17.4. The molecule has 1 N–H and O–H groups in total. The minimum atomic E-state index is 0.442. The second-order valence-corrected chi connectivity index (χ2v) is 7.91. The third-order valence-corrected chi connectivity index (χ3v) is 5.96. The fraction of sp³-hybridized carbons (Fsp3) is 0.409. The monoisotopic (exact) mass is 368 g/mol. The van der Waals surface area contributed by atoms with Crippen molar-refractivity contribution in [3.8, 4) is 5.75 Å². The van der Waals surface area contributed by atoms with Crippen LogP contribution < -0.4 is 4.74 Å². The Morgan fingerprint density at radius 2 is 1.88 bits per heavy atom. The molecule has 4 heteroatoms. The molecule has 0 aliphatic heterocycles. The number of ether oxygens (including phenoxy) is 1. The summed E-state index contributed by atoms with van der Waals surface area (Å²) in [4.78, 5) is 8.26. The van der Waals surface area contributed by atoms with Crippen LogP contribution in [-0.4, -0.2) is 16.6 Å². The van der Waals surface area contributed by atoms with Crippen LogP contribution in [0.15, 0.2) is 48.5 Å². The highest BCUT2D eigenvalue weighted by atomic mass is 35.5. The number of hydrogen-bond donors (Lipinski definition) is 1. The number of imidazole rings is 1. The molecule has 0 amide bonds. The maximum absolute atomic E-state index is 6.09. The van der Waals surface area contributed by atoms with Gasteiger partial charge in [0.2, 0.25) is 0 Å². The molecule has 26 heavy (non-hydrogen) atoms. The predicted octanol–water partition coefficient (Wildman–Crippen LogP) is 6.21. The quantitative estimate of drug-likeness (QED) is 0.581. The molecule has 0 saturated heterocycles. The van der Waals surface area contributed by atoms with Crippen molar-refractivity contribution >= 4 is 22.6 Å². The van der Waals surface area contributed by atoms with Crippen molar-refractivity contribution in [2.24, 2.45) is 11.8 Å². The SMILES string of the molecule is CC(c1nc2ccc(Cl)cc2[nH]1)C1CCC(COc2ccccc2)CC1. The lowest BCUT2D eigenvalue weighted by atomic mass is 9.76. The summed E-state index contributed by atoms with van der Waals surface area (Å²) in [6, 6.07) is 16.0. The Labute approximate surface area is 159 Å². The highest BCUT2D eigenvalue weighted by molar-refractivity contribution is 6.31. The van der Waals surface area contributed by atoms with Crippen LogP contribution in [0.1, 0.15) is 44.3 Å². The molecule has 0 bridgehead atoms. The lowest BCUT2D eigenvalue weighted by Gasteiger charge is -2.31. The van der Waals surface area contributed by atoms with Crippen LogP contribution in [-0.2, 0) is 0 Å². The fourth-order valence-electron chi connectivity index (χ4n) is 4.03. The van der Waals surface area contributed by atoms with Crippen molar-refractivity contribution in [2.75, 3.05) is 6.61 Å². The number of benzene rings is 2. The molecular formula is C22H25ClN2O. The van der Waals surface area contributed by atoms with Gasteiger partial charge in [0.1, 0.15) is 11.6 Å². The minimum Gasteiger partial charge on any atom is -0.493 e. The topological polar surface area (TPSA) is 37.9 Å². The van der Waals surface area contributed by atoms with Gasteiger partial charge in [0, 0.05) is 10.9 Å². The van der Waals surface area contributed by atoms with Crippen LogP contribution in [0, 0.1) is 11.8 Å². The third kappa shape index (κ3) is 3.88. The second-order valence-electron chi connectivity index (χ2n) is 7.48. The third-order valence-electron chi connectivity index (χ3n) is 5.72. The predicted molar refractivity (Wildman–Crippen MR) is 107 cm³/mol. The number of fused-ring (bicyclic) bond motifs is 1. The van der Waals surface area contributed by atoms with Crippen molar-refractivity contribution in [3.63, 3.8) is 0 Å². The van der Waals surface area contributed by atoms with E-state index >= 15 is 0 Å². The number of halogens is 1. The van der Waals surface area contributed by atoms with Crippen LogP contribution in [0.25, 0.3) is 11.0 Å². The Balaban J connectivity index is 1.33. The maximum atomic E-state index is 6.09. The van der Waals surface area contributed by atoms with Crippen molar-refractivity contribution in [1.82, 2.24) is 9.97 Å². The standard InChI is InChI=1S/C22H25ClN2O/c1-15(22-24-20-12-11-18(23)13-21(20)25-22)17-9-7-16(8-10-17)14-26-19-5-3-2-4-6-19/h2-6,11-13,15-17H,7-10,14H2,1H3,(H,24,25). The molecule has 4 rings (SSSR count). The average Bonchev–Trinajstić information content (AvgIpc) is 3.10. The Bertz CT molecular complexity index is 853. The molecule has 1 atom stereocenters. The Kier molecular flexibility index (Phi) is 5.16. The molecule has 0 spiro atoms. The summed E-state index contributed by atoms with van der Waals surface area (Å²) in [5.41, 5.74) is 2.03. The highest BCUT2D eigenvalue weighted by Gasteiger charge is 2.28. The number of hydrogen-bond acceptors (Lipinski definition) is 2. The van der Waals surface area contributed by atoms with Gasteiger partial charge >= 0.3 is 0 Å². The summed E-state index contributed by atoms with van der Waals surface area (Å²) in [6.45, 7) is 3.12. The van der Waals surface area contributed by atoms with Gasteiger partial charge in [-0.15, -0.1) is 0 Å². The van der Waals surface area contributed by atoms with E-state index in [-0.39, 0.29) is 0 Å². The molecule has 1 unspecified atom stereocenters. The van der Waals surface area contributed by atoms with Crippen LogP contribution in [0.4, 0.5) is 0 Å². The van der Waals surface area contributed by atoms with E-state index in [1.165, 1.54) is 25.7 Å². The van der Waals surface area contributed by atoms with Crippen LogP contribution in [0.5, 0.6) is 5.75 Å². The lowest BCUT2D eigenvalue weighted by Crippen LogP contribution is -2.23. The number of nitrogens with one attached hydrogen (secondary N) is 1. The molecule has 3 nitrogen and oxygen atoms in total. The fourth-order valence-corrected chi connectivity index (χ4v) is 4.20. The summed E-state index contributed by atoms with van der Waals surface area (Å²) in [6.07, 6.45) is 4.94. The number of rotatable bonds is 5. The first-order valence-electron chi connectivity index (χ1n) is 9.52. The summed E-state index contributed by atoms with van der Waals surface area (Å²) in [5, 5.41) is 0.749. The molecule has 1 aliphatic rings. The summed E-state index contributed by atoms with van der Waals surface area (Å²) in [7, 11) is 0. The number of aromatic nitrogens is 2. The molecule has 2 aromatic carbocycles. The molecule has 1 saturated carbocycles. The lowest BCUT2D eigenvalue weighted by molar-refractivity contribution is 0.172. The van der Waals surface area contributed by atoms with Gasteiger partial charge in [0.05, 0.1) is 17.6 Å². The van der Waals surface area contributed by atoms with Crippen molar-refractivity contribution in [3.05, 3.63) is 59.4 Å². The van der Waals surface area contributed by atoms with E-state index in [1.807, 2.05) is 48.5 Å². The molecule has 1 aromatic heterocycles. The van der Waals surface area contributed by atoms with E-state index in [1.54, 1.807) is 0 Å². The smallest absolute Gasteiger partial charge is 0.119 e. The zero-order chi connectivity index (χ0) is 17.9. The molecule has 3 aromatic rings. The van der Waals surface area contributed by atoms with Crippen LogP contribution in [0.2, 0.25) is 5.02 Å². The number of H-pyrrole nitrogens is 1. The number of aromatic amines is 1.